The molecule has 2 N–H and O–H groups in total. The van der Waals surface area contributed by atoms with Gasteiger partial charge in [0.1, 0.15) is 0 Å². The summed E-state index contributed by atoms with van der Waals surface area (Å²) in [6, 6.07) is 0. The van der Waals surface area contributed by atoms with E-state index in [0.717, 1.165) is 25.1 Å². The number of nitrogens with two attached hydrogens (primary N) is 1. The summed E-state index contributed by atoms with van der Waals surface area (Å²) in [5.41, 5.74) is 7.07. The van der Waals surface area contributed by atoms with Crippen molar-refractivity contribution in [1.82, 2.24) is 9.55 Å². The second kappa shape index (κ2) is 4.53. The molecule has 16 heavy (non-hydrogen) atoms. The number of ether oxygens (including phenoxy) is 2. The molecule has 1 fully saturated rings. The molecule has 0 radical (unpaired) electrons. The fraction of sp³-hybridized carbons (Fsp3) is 0.727. The minimum Gasteiger partial charge on any atom is -0.350 e. The first-order valence-electron chi connectivity index (χ1n) is 5.53. The van der Waals surface area contributed by atoms with Crippen LogP contribution in [-0.2, 0) is 16.0 Å². The Labute approximate surface area is 95.6 Å². The summed E-state index contributed by atoms with van der Waals surface area (Å²) in [5, 5.41) is 0. The fourth-order valence-electron chi connectivity index (χ4n) is 2.13. The lowest BCUT2D eigenvalue weighted by molar-refractivity contribution is -0.111. The van der Waals surface area contributed by atoms with Crippen LogP contribution < -0.4 is 5.73 Å². The van der Waals surface area contributed by atoms with Gasteiger partial charge in [-0.15, -0.1) is 0 Å². The highest BCUT2D eigenvalue weighted by Crippen LogP contribution is 2.31. The van der Waals surface area contributed by atoms with E-state index in [2.05, 4.69) is 4.98 Å². The molecule has 5 nitrogen and oxygen atoms in total. The lowest BCUT2D eigenvalue weighted by atomic mass is 9.77. The first-order valence-corrected chi connectivity index (χ1v) is 5.53. The molecule has 1 saturated carbocycles. The second-order valence-corrected chi connectivity index (χ2v) is 4.47. The van der Waals surface area contributed by atoms with Gasteiger partial charge in [0.05, 0.1) is 18.2 Å². The molecule has 0 bridgehead atoms. The van der Waals surface area contributed by atoms with Crippen LogP contribution in [0.25, 0.3) is 0 Å². The second-order valence-electron chi connectivity index (χ2n) is 4.47. The van der Waals surface area contributed by atoms with Crippen LogP contribution in [0.15, 0.2) is 12.5 Å². The highest BCUT2D eigenvalue weighted by molar-refractivity contribution is 5.04. The van der Waals surface area contributed by atoms with Gasteiger partial charge in [-0.05, 0) is 19.3 Å². The smallest absolute Gasteiger partial charge is 0.200 e. The Kier molecular flexibility index (Phi) is 3.28. The molecule has 2 rings (SSSR count). The lowest BCUT2D eigenvalue weighted by Crippen LogP contribution is -2.50. The number of hydrogen-bond donors (Lipinski definition) is 1. The Balaban J connectivity index is 2.12. The third kappa shape index (κ3) is 2.11. The molecule has 1 aromatic rings. The number of methoxy groups -OCH3 is 2. The van der Waals surface area contributed by atoms with E-state index in [9.17, 15) is 0 Å². The molecule has 0 saturated heterocycles. The van der Waals surface area contributed by atoms with Gasteiger partial charge in [0.15, 0.2) is 6.29 Å². The van der Waals surface area contributed by atoms with Gasteiger partial charge in [-0.1, -0.05) is 0 Å². The van der Waals surface area contributed by atoms with E-state index < -0.39 is 0 Å². The molecule has 0 unspecified atom stereocenters. The highest BCUT2D eigenvalue weighted by atomic mass is 16.7. The minimum absolute atomic E-state index is 0.0680. The predicted molar refractivity (Wildman–Crippen MR) is 59.8 cm³/mol. The Morgan fingerprint density at radius 3 is 2.69 bits per heavy atom. The van der Waals surface area contributed by atoms with Gasteiger partial charge in [0.25, 0.3) is 0 Å². The normalized spacial score (nSPS) is 18.8. The number of rotatable bonds is 5. The van der Waals surface area contributed by atoms with Crippen LogP contribution in [0.5, 0.6) is 0 Å². The van der Waals surface area contributed by atoms with Crippen LogP contribution in [0.2, 0.25) is 0 Å². The Bertz CT molecular complexity index is 343. The largest absolute Gasteiger partial charge is 0.350 e. The van der Waals surface area contributed by atoms with E-state index >= 15 is 0 Å². The topological polar surface area (TPSA) is 62.3 Å². The van der Waals surface area contributed by atoms with Gasteiger partial charge in [0.2, 0.25) is 0 Å². The summed E-state index contributed by atoms with van der Waals surface area (Å²) < 4.78 is 12.5. The molecule has 5 heteroatoms. The van der Waals surface area contributed by atoms with E-state index in [4.69, 9.17) is 15.2 Å². The van der Waals surface area contributed by atoms with Crippen LogP contribution in [0.3, 0.4) is 0 Å². The van der Waals surface area contributed by atoms with Crippen LogP contribution in [-0.4, -0.2) is 29.3 Å². The minimum atomic E-state index is -0.369. The molecule has 90 valence electrons. The Hall–Kier alpha value is -0.910. The first-order chi connectivity index (χ1) is 7.68. The average molecular weight is 225 g/mol. The van der Waals surface area contributed by atoms with Crippen molar-refractivity contribution in [2.75, 3.05) is 14.2 Å². The maximum Gasteiger partial charge on any atom is 0.200 e. The van der Waals surface area contributed by atoms with Crippen LogP contribution in [0, 0.1) is 0 Å². The van der Waals surface area contributed by atoms with Crippen molar-refractivity contribution in [3.05, 3.63) is 18.2 Å². The molecule has 0 aromatic carbocycles. The number of aromatic nitrogens is 2. The third-order valence-corrected chi connectivity index (χ3v) is 3.25. The molecule has 0 atom stereocenters. The van der Waals surface area contributed by atoms with Crippen molar-refractivity contribution < 1.29 is 9.47 Å². The molecule has 1 aliphatic carbocycles. The molecular weight excluding hydrogens is 206 g/mol. The zero-order chi connectivity index (χ0) is 11.6. The van der Waals surface area contributed by atoms with Gasteiger partial charge < -0.3 is 19.8 Å². The van der Waals surface area contributed by atoms with E-state index in [1.54, 1.807) is 26.7 Å². The van der Waals surface area contributed by atoms with Crippen molar-refractivity contribution in [3.8, 4) is 0 Å². The van der Waals surface area contributed by atoms with Crippen molar-refractivity contribution in [3.63, 3.8) is 0 Å². The third-order valence-electron chi connectivity index (χ3n) is 3.25. The summed E-state index contributed by atoms with van der Waals surface area (Å²) in [7, 11) is 3.24. The number of imidazole rings is 1. The lowest BCUT2D eigenvalue weighted by Gasteiger charge is -2.38. The Morgan fingerprint density at radius 1 is 1.50 bits per heavy atom. The van der Waals surface area contributed by atoms with Gasteiger partial charge in [-0.2, -0.15) is 0 Å². The van der Waals surface area contributed by atoms with Crippen LogP contribution >= 0.6 is 0 Å². The predicted octanol–water partition coefficient (Wildman–Crippen LogP) is 1.06. The molecule has 1 aliphatic rings. The number of nitrogens with zero attached hydrogens (tertiary/aromatic N) is 2. The summed E-state index contributed by atoms with van der Waals surface area (Å²) in [4.78, 5) is 4.13. The maximum absolute atomic E-state index is 6.22. The Morgan fingerprint density at radius 2 is 2.19 bits per heavy atom. The van der Waals surface area contributed by atoms with Gasteiger partial charge >= 0.3 is 0 Å². The maximum atomic E-state index is 6.22. The van der Waals surface area contributed by atoms with Gasteiger partial charge in [0, 0.05) is 26.3 Å². The van der Waals surface area contributed by atoms with Crippen molar-refractivity contribution in [1.29, 1.82) is 0 Å². The zero-order valence-electron chi connectivity index (χ0n) is 9.85. The van der Waals surface area contributed by atoms with Crippen molar-refractivity contribution in [2.45, 2.75) is 37.6 Å². The quantitative estimate of drug-likeness (QED) is 0.761. The fourth-order valence-corrected chi connectivity index (χ4v) is 2.13. The standard InChI is InChI=1S/C11H19N3O2/c1-15-10(16-2)9-6-13-8-14(9)7-11(12)4-3-5-11/h6,8,10H,3-5,7,12H2,1-2H3. The highest BCUT2D eigenvalue weighted by Gasteiger charge is 2.33. The average Bonchev–Trinajstić information content (AvgIpc) is 2.66. The number of hydrogen-bond acceptors (Lipinski definition) is 4. The SMILES string of the molecule is COC(OC)c1cncn1CC1(N)CCC1. The summed E-state index contributed by atoms with van der Waals surface area (Å²) in [6.45, 7) is 0.783. The van der Waals surface area contributed by atoms with E-state index in [-0.39, 0.29) is 11.8 Å². The van der Waals surface area contributed by atoms with Crippen molar-refractivity contribution >= 4 is 0 Å². The van der Waals surface area contributed by atoms with Crippen molar-refractivity contribution in [2.24, 2.45) is 5.73 Å². The summed E-state index contributed by atoms with van der Waals surface area (Å²) >= 11 is 0. The molecular formula is C11H19N3O2. The summed E-state index contributed by atoms with van der Waals surface area (Å²) in [5.74, 6) is 0. The van der Waals surface area contributed by atoms with E-state index in [1.165, 1.54) is 6.42 Å². The van der Waals surface area contributed by atoms with E-state index in [0.29, 0.717) is 0 Å². The summed E-state index contributed by atoms with van der Waals surface area (Å²) in [6.07, 6.45) is 6.56. The van der Waals surface area contributed by atoms with E-state index in [1.807, 2.05) is 4.57 Å². The molecule has 0 spiro atoms. The first kappa shape index (κ1) is 11.6. The van der Waals surface area contributed by atoms with Gasteiger partial charge in [-0.25, -0.2) is 4.98 Å². The monoisotopic (exact) mass is 225 g/mol. The molecule has 1 heterocycles. The molecule has 0 aliphatic heterocycles. The molecule has 1 aromatic heterocycles. The van der Waals surface area contributed by atoms with Gasteiger partial charge in [-0.3, -0.25) is 0 Å². The van der Waals surface area contributed by atoms with Crippen LogP contribution in [0.1, 0.15) is 31.2 Å². The molecule has 0 amide bonds. The zero-order valence-corrected chi connectivity index (χ0v) is 9.85. The van der Waals surface area contributed by atoms with Crippen LogP contribution in [0.4, 0.5) is 0 Å².